The number of hydrogen-bond donors (Lipinski definition) is 0. The molecule has 3 aromatic rings. The molecule has 0 amide bonds. The van der Waals surface area contributed by atoms with Crippen LogP contribution in [0.15, 0.2) is 24.3 Å². The van der Waals surface area contributed by atoms with Gasteiger partial charge >= 0.3 is 0 Å². The molecule has 0 aliphatic carbocycles. The molecule has 0 radical (unpaired) electrons. The molecule has 0 atom stereocenters. The predicted molar refractivity (Wildman–Crippen MR) is 134 cm³/mol. The Hall–Kier alpha value is -1.34. The van der Waals surface area contributed by atoms with Gasteiger partial charge in [0.25, 0.3) is 0 Å². The first-order valence-corrected chi connectivity index (χ1v) is 13.0. The fraction of sp³-hybridized carbons (Fsp3) is 0.571. The summed E-state index contributed by atoms with van der Waals surface area (Å²) in [5.74, 6) is 0. The highest BCUT2D eigenvalue weighted by Crippen LogP contribution is 2.40. The van der Waals surface area contributed by atoms with E-state index in [-0.39, 0.29) is 0 Å². The second-order valence-electron chi connectivity index (χ2n) is 8.78. The second kappa shape index (κ2) is 11.2. The van der Waals surface area contributed by atoms with Gasteiger partial charge in [-0.2, -0.15) is 0 Å². The van der Waals surface area contributed by atoms with E-state index in [1.807, 2.05) is 0 Å². The Bertz CT molecular complexity index is 841. The van der Waals surface area contributed by atoms with Gasteiger partial charge in [0, 0.05) is 20.2 Å². The number of unbranched alkanes of at least 4 members (excludes halogenated alkanes) is 4. The van der Waals surface area contributed by atoms with E-state index in [4.69, 9.17) is 0 Å². The molecule has 0 nitrogen and oxygen atoms in total. The molecule has 0 aliphatic rings. The highest BCUT2D eigenvalue weighted by Gasteiger charge is 2.15. The van der Waals surface area contributed by atoms with E-state index < -0.39 is 0 Å². The van der Waals surface area contributed by atoms with Crippen LogP contribution in [0.5, 0.6) is 0 Å². The number of thiophene rings is 1. The summed E-state index contributed by atoms with van der Waals surface area (Å²) in [4.78, 5) is 0. The molecule has 0 fully saturated rings. The van der Waals surface area contributed by atoms with Crippen LogP contribution in [0.2, 0.25) is 0 Å². The summed E-state index contributed by atoms with van der Waals surface area (Å²) in [5, 5.41) is 3.08. The third-order valence-electron chi connectivity index (χ3n) is 6.18. The molecule has 158 valence electrons. The van der Waals surface area contributed by atoms with Crippen LogP contribution in [0.4, 0.5) is 0 Å². The van der Waals surface area contributed by atoms with Crippen molar-refractivity contribution in [2.75, 3.05) is 0 Å². The van der Waals surface area contributed by atoms with Crippen LogP contribution in [0, 0.1) is 0 Å². The first kappa shape index (κ1) is 22.3. The zero-order valence-electron chi connectivity index (χ0n) is 19.2. The number of benzene rings is 2. The minimum absolute atomic E-state index is 1.22. The van der Waals surface area contributed by atoms with E-state index in [0.29, 0.717) is 0 Å². The van der Waals surface area contributed by atoms with Crippen LogP contribution in [-0.4, -0.2) is 0 Å². The Morgan fingerprint density at radius 3 is 1.28 bits per heavy atom. The molecule has 0 spiro atoms. The van der Waals surface area contributed by atoms with E-state index in [2.05, 4.69) is 63.3 Å². The first-order chi connectivity index (χ1) is 14.2. The molecule has 0 N–H and O–H groups in total. The summed E-state index contributed by atoms with van der Waals surface area (Å²) in [5.41, 5.74) is 6.32. The van der Waals surface area contributed by atoms with Gasteiger partial charge in [-0.15, -0.1) is 11.3 Å². The fourth-order valence-electron chi connectivity index (χ4n) is 4.41. The lowest BCUT2D eigenvalue weighted by atomic mass is 9.95. The van der Waals surface area contributed by atoms with Crippen LogP contribution < -0.4 is 0 Å². The van der Waals surface area contributed by atoms with Crippen molar-refractivity contribution in [2.45, 2.75) is 105 Å². The molecular formula is C28H40S. The largest absolute Gasteiger partial charge is 0.135 e. The Balaban J connectivity index is 2.18. The average molecular weight is 409 g/mol. The van der Waals surface area contributed by atoms with Crippen molar-refractivity contribution in [1.82, 2.24) is 0 Å². The topological polar surface area (TPSA) is 0 Å². The van der Waals surface area contributed by atoms with Gasteiger partial charge in [0.05, 0.1) is 0 Å². The monoisotopic (exact) mass is 408 g/mol. The Morgan fingerprint density at radius 2 is 0.897 bits per heavy atom. The van der Waals surface area contributed by atoms with Crippen molar-refractivity contribution >= 4 is 31.5 Å². The van der Waals surface area contributed by atoms with E-state index in [9.17, 15) is 0 Å². The van der Waals surface area contributed by atoms with Gasteiger partial charge in [-0.1, -0.05) is 65.5 Å². The van der Waals surface area contributed by atoms with Crippen molar-refractivity contribution in [3.05, 3.63) is 46.5 Å². The summed E-state index contributed by atoms with van der Waals surface area (Å²) in [7, 11) is 0. The maximum absolute atomic E-state index is 2.53. The zero-order valence-corrected chi connectivity index (χ0v) is 20.0. The van der Waals surface area contributed by atoms with E-state index in [1.54, 1.807) is 42.4 Å². The van der Waals surface area contributed by atoms with Crippen LogP contribution in [0.1, 0.15) is 101 Å². The van der Waals surface area contributed by atoms with Crippen LogP contribution in [-0.2, 0) is 25.7 Å². The molecule has 3 rings (SSSR count). The highest BCUT2D eigenvalue weighted by molar-refractivity contribution is 7.26. The van der Waals surface area contributed by atoms with Crippen LogP contribution in [0.3, 0.4) is 0 Å². The smallest absolute Gasteiger partial charge is 0.0387 e. The maximum Gasteiger partial charge on any atom is 0.0387 e. The lowest BCUT2D eigenvalue weighted by Crippen LogP contribution is -1.92. The van der Waals surface area contributed by atoms with E-state index in [0.717, 1.165) is 0 Å². The number of rotatable bonds is 12. The average Bonchev–Trinajstić information content (AvgIpc) is 3.11. The Labute approximate surface area is 182 Å². The Kier molecular flexibility index (Phi) is 8.60. The van der Waals surface area contributed by atoms with E-state index in [1.165, 1.54) is 77.0 Å². The summed E-state index contributed by atoms with van der Waals surface area (Å²) in [6.45, 7) is 9.23. The van der Waals surface area contributed by atoms with Crippen LogP contribution >= 0.6 is 11.3 Å². The fourth-order valence-corrected chi connectivity index (χ4v) is 5.76. The minimum atomic E-state index is 1.22. The predicted octanol–water partition coefficient (Wildman–Crippen LogP) is 9.42. The molecule has 1 aromatic heterocycles. The highest BCUT2D eigenvalue weighted by atomic mass is 32.1. The lowest BCUT2D eigenvalue weighted by Gasteiger charge is -2.09. The quantitative estimate of drug-likeness (QED) is 0.280. The standard InChI is InChI=1S/C28H40S/c1-5-9-13-21-17-23(15-11-7-3)27-25(19-21)26-20-22(14-10-6-2)18-24(16-12-8-4)28(26)29-27/h17-20H,5-16H2,1-4H3. The van der Waals surface area contributed by atoms with Crippen molar-refractivity contribution in [2.24, 2.45) is 0 Å². The molecule has 1 heteroatoms. The van der Waals surface area contributed by atoms with Gasteiger partial charge in [-0.05, 0) is 85.8 Å². The third kappa shape index (κ3) is 5.43. The molecule has 0 aliphatic heterocycles. The van der Waals surface area contributed by atoms with Crippen molar-refractivity contribution in [3.8, 4) is 0 Å². The number of aryl methyl sites for hydroxylation is 4. The summed E-state index contributed by atoms with van der Waals surface area (Å²) in [6, 6.07) is 10.1. The van der Waals surface area contributed by atoms with Crippen LogP contribution in [0.25, 0.3) is 20.2 Å². The lowest BCUT2D eigenvalue weighted by molar-refractivity contribution is 0.784. The number of hydrogen-bond acceptors (Lipinski definition) is 1. The summed E-state index contributed by atoms with van der Waals surface area (Å²) in [6.07, 6.45) is 15.2. The molecule has 0 bridgehead atoms. The van der Waals surface area contributed by atoms with Crippen molar-refractivity contribution < 1.29 is 0 Å². The molecular weight excluding hydrogens is 368 g/mol. The van der Waals surface area contributed by atoms with Gasteiger partial charge in [0.1, 0.15) is 0 Å². The molecule has 29 heavy (non-hydrogen) atoms. The summed E-state index contributed by atoms with van der Waals surface area (Å²) < 4.78 is 3.14. The second-order valence-corrected chi connectivity index (χ2v) is 9.80. The van der Waals surface area contributed by atoms with E-state index >= 15 is 0 Å². The SMILES string of the molecule is CCCCc1cc(CCCC)c2sc3c(CCCC)cc(CCCC)cc3c2c1. The molecule has 0 saturated heterocycles. The molecule has 0 unspecified atom stereocenters. The van der Waals surface area contributed by atoms with Gasteiger partial charge < -0.3 is 0 Å². The molecule has 1 heterocycles. The van der Waals surface area contributed by atoms with Gasteiger partial charge in [-0.25, -0.2) is 0 Å². The van der Waals surface area contributed by atoms with Gasteiger partial charge in [0.15, 0.2) is 0 Å². The summed E-state index contributed by atoms with van der Waals surface area (Å²) >= 11 is 2.08. The first-order valence-electron chi connectivity index (χ1n) is 12.2. The van der Waals surface area contributed by atoms with Crippen molar-refractivity contribution in [3.63, 3.8) is 0 Å². The zero-order chi connectivity index (χ0) is 20.6. The maximum atomic E-state index is 2.53. The van der Waals surface area contributed by atoms with Gasteiger partial charge in [0.2, 0.25) is 0 Å². The third-order valence-corrected chi connectivity index (χ3v) is 7.56. The van der Waals surface area contributed by atoms with Crippen molar-refractivity contribution in [1.29, 1.82) is 0 Å². The normalized spacial score (nSPS) is 11.7. The minimum Gasteiger partial charge on any atom is -0.135 e. The Morgan fingerprint density at radius 1 is 0.517 bits per heavy atom. The van der Waals surface area contributed by atoms with Gasteiger partial charge in [-0.3, -0.25) is 0 Å². The molecule has 0 saturated carbocycles. The number of fused-ring (bicyclic) bond motifs is 3. The molecule has 2 aromatic carbocycles.